The topological polar surface area (TPSA) is 68.5 Å². The first-order valence-corrected chi connectivity index (χ1v) is 8.97. The first-order chi connectivity index (χ1) is 12.2. The van der Waals surface area contributed by atoms with Crippen LogP contribution in [0.15, 0.2) is 46.3 Å². The third-order valence-electron chi connectivity index (χ3n) is 4.08. The number of nitrogens with zero attached hydrogens (tertiary/aromatic N) is 3. The lowest BCUT2D eigenvalue weighted by molar-refractivity contribution is 0.0761. The SMILES string of the molecule is Cc1cccc(OC2CCN(C(=O)c3cc(-c4cccs4)on3)C2)n1. The molecule has 1 amide bonds. The molecule has 3 aromatic heterocycles. The van der Waals surface area contributed by atoms with Crippen molar-refractivity contribution < 1.29 is 14.1 Å². The van der Waals surface area contributed by atoms with E-state index in [0.717, 1.165) is 17.0 Å². The van der Waals surface area contributed by atoms with Crippen molar-refractivity contribution in [3.63, 3.8) is 0 Å². The average molecular weight is 355 g/mol. The number of hydrogen-bond acceptors (Lipinski definition) is 6. The number of carbonyl (C=O) groups excluding carboxylic acids is 1. The van der Waals surface area contributed by atoms with Gasteiger partial charge in [0.15, 0.2) is 11.5 Å². The van der Waals surface area contributed by atoms with E-state index in [1.165, 1.54) is 0 Å². The summed E-state index contributed by atoms with van der Waals surface area (Å²) < 4.78 is 11.2. The smallest absolute Gasteiger partial charge is 0.276 e. The summed E-state index contributed by atoms with van der Waals surface area (Å²) in [6.45, 7) is 3.08. The van der Waals surface area contributed by atoms with Gasteiger partial charge in [-0.1, -0.05) is 17.3 Å². The second-order valence-corrected chi connectivity index (χ2v) is 6.90. The molecule has 1 saturated heterocycles. The average Bonchev–Trinajstić information content (AvgIpc) is 3.35. The van der Waals surface area contributed by atoms with Crippen molar-refractivity contribution >= 4 is 17.2 Å². The van der Waals surface area contributed by atoms with E-state index in [9.17, 15) is 4.79 Å². The van der Waals surface area contributed by atoms with E-state index in [0.29, 0.717) is 30.4 Å². The summed E-state index contributed by atoms with van der Waals surface area (Å²) in [6.07, 6.45) is 0.721. The number of aryl methyl sites for hydroxylation is 1. The maximum Gasteiger partial charge on any atom is 0.276 e. The molecule has 1 fully saturated rings. The van der Waals surface area contributed by atoms with E-state index >= 15 is 0 Å². The maximum atomic E-state index is 12.6. The monoisotopic (exact) mass is 355 g/mol. The van der Waals surface area contributed by atoms with Crippen LogP contribution in [0.1, 0.15) is 22.6 Å². The van der Waals surface area contributed by atoms with E-state index in [4.69, 9.17) is 9.26 Å². The Bertz CT molecular complexity index is 875. The first-order valence-electron chi connectivity index (χ1n) is 8.09. The van der Waals surface area contributed by atoms with Gasteiger partial charge in [-0.05, 0) is 24.4 Å². The maximum absolute atomic E-state index is 12.6. The number of carbonyl (C=O) groups is 1. The molecule has 7 heteroatoms. The highest BCUT2D eigenvalue weighted by Crippen LogP contribution is 2.26. The van der Waals surface area contributed by atoms with E-state index in [2.05, 4.69) is 10.1 Å². The van der Waals surface area contributed by atoms with Gasteiger partial charge >= 0.3 is 0 Å². The van der Waals surface area contributed by atoms with Crippen molar-refractivity contribution in [3.8, 4) is 16.5 Å². The van der Waals surface area contributed by atoms with Gasteiger partial charge in [0.05, 0.1) is 11.4 Å². The largest absolute Gasteiger partial charge is 0.472 e. The molecule has 0 saturated carbocycles. The molecule has 0 radical (unpaired) electrons. The van der Waals surface area contributed by atoms with Crippen molar-refractivity contribution in [2.24, 2.45) is 0 Å². The second kappa shape index (κ2) is 6.68. The van der Waals surface area contributed by atoms with Crippen molar-refractivity contribution in [2.45, 2.75) is 19.4 Å². The van der Waals surface area contributed by atoms with Crippen LogP contribution >= 0.6 is 11.3 Å². The molecule has 0 N–H and O–H groups in total. The Labute approximate surface area is 149 Å². The molecule has 3 aromatic rings. The van der Waals surface area contributed by atoms with Crippen LogP contribution in [-0.2, 0) is 0 Å². The highest BCUT2D eigenvalue weighted by atomic mass is 32.1. The standard InChI is InChI=1S/C18H17N3O3S/c1-12-4-2-6-17(19-12)23-13-7-8-21(11-13)18(22)14-10-15(24-20-14)16-5-3-9-25-16/h2-6,9-10,13H,7-8,11H2,1H3. The number of rotatable bonds is 4. The van der Waals surface area contributed by atoms with Crippen LogP contribution < -0.4 is 4.74 Å². The minimum absolute atomic E-state index is 0.0538. The van der Waals surface area contributed by atoms with Gasteiger partial charge in [-0.15, -0.1) is 11.3 Å². The molecule has 25 heavy (non-hydrogen) atoms. The number of aromatic nitrogens is 2. The van der Waals surface area contributed by atoms with Gasteiger partial charge in [0.2, 0.25) is 5.88 Å². The van der Waals surface area contributed by atoms with Gasteiger partial charge in [0, 0.05) is 30.8 Å². The number of ether oxygens (including phenoxy) is 1. The van der Waals surface area contributed by atoms with E-state index in [1.807, 2.05) is 42.6 Å². The highest BCUT2D eigenvalue weighted by Gasteiger charge is 2.30. The predicted molar refractivity (Wildman–Crippen MR) is 93.7 cm³/mol. The summed E-state index contributed by atoms with van der Waals surface area (Å²) in [7, 11) is 0. The number of pyridine rings is 1. The quantitative estimate of drug-likeness (QED) is 0.717. The van der Waals surface area contributed by atoms with Gasteiger partial charge in [-0.25, -0.2) is 4.98 Å². The molecule has 128 valence electrons. The van der Waals surface area contributed by atoms with Crippen LogP contribution in [-0.4, -0.2) is 40.1 Å². The summed E-state index contributed by atoms with van der Waals surface area (Å²) in [4.78, 5) is 19.7. The van der Waals surface area contributed by atoms with Crippen LogP contribution in [0, 0.1) is 6.92 Å². The first kappa shape index (κ1) is 15.8. The number of amides is 1. The zero-order valence-corrected chi connectivity index (χ0v) is 14.5. The Morgan fingerprint density at radius 1 is 1.36 bits per heavy atom. The van der Waals surface area contributed by atoms with Crippen LogP contribution in [0.3, 0.4) is 0 Å². The Balaban J connectivity index is 1.40. The molecule has 1 aliphatic rings. The summed E-state index contributed by atoms with van der Waals surface area (Å²) in [6, 6.07) is 11.2. The third kappa shape index (κ3) is 3.41. The van der Waals surface area contributed by atoms with E-state index in [-0.39, 0.29) is 12.0 Å². The molecule has 6 nitrogen and oxygen atoms in total. The normalized spacial score (nSPS) is 17.0. The molecule has 0 aromatic carbocycles. The van der Waals surface area contributed by atoms with Gasteiger partial charge in [-0.3, -0.25) is 4.79 Å². The summed E-state index contributed by atoms with van der Waals surface area (Å²) in [5.74, 6) is 1.09. The summed E-state index contributed by atoms with van der Waals surface area (Å²) in [5, 5.41) is 5.88. The lowest BCUT2D eigenvalue weighted by Crippen LogP contribution is -2.31. The second-order valence-electron chi connectivity index (χ2n) is 5.95. The Kier molecular flexibility index (Phi) is 4.23. The third-order valence-corrected chi connectivity index (χ3v) is 4.96. The lowest BCUT2D eigenvalue weighted by atomic mass is 10.3. The fraction of sp³-hybridized carbons (Fsp3) is 0.278. The molecular formula is C18H17N3O3S. The van der Waals surface area contributed by atoms with Crippen LogP contribution in [0.25, 0.3) is 10.6 Å². The molecule has 0 spiro atoms. The zero-order chi connectivity index (χ0) is 17.2. The number of hydrogen-bond donors (Lipinski definition) is 0. The molecule has 1 aliphatic heterocycles. The Hall–Kier alpha value is -2.67. The fourth-order valence-corrected chi connectivity index (χ4v) is 3.51. The molecule has 1 atom stereocenters. The molecule has 4 rings (SSSR count). The highest BCUT2D eigenvalue weighted by molar-refractivity contribution is 7.13. The van der Waals surface area contributed by atoms with Gasteiger partial charge in [0.25, 0.3) is 5.91 Å². The summed E-state index contributed by atoms with van der Waals surface area (Å²) in [5.41, 5.74) is 1.24. The van der Waals surface area contributed by atoms with Crippen molar-refractivity contribution in [2.75, 3.05) is 13.1 Å². The molecule has 1 unspecified atom stereocenters. The Morgan fingerprint density at radius 3 is 3.08 bits per heavy atom. The van der Waals surface area contributed by atoms with Crippen molar-refractivity contribution in [3.05, 3.63) is 53.2 Å². The molecular weight excluding hydrogens is 338 g/mol. The van der Waals surface area contributed by atoms with E-state index < -0.39 is 0 Å². The van der Waals surface area contributed by atoms with Crippen molar-refractivity contribution in [1.29, 1.82) is 0 Å². The molecule has 4 heterocycles. The van der Waals surface area contributed by atoms with Crippen LogP contribution in [0.4, 0.5) is 0 Å². The van der Waals surface area contributed by atoms with Crippen LogP contribution in [0.2, 0.25) is 0 Å². The number of thiophene rings is 1. The molecule has 0 aliphatic carbocycles. The van der Waals surface area contributed by atoms with Gasteiger partial charge in [-0.2, -0.15) is 0 Å². The minimum Gasteiger partial charge on any atom is -0.472 e. The van der Waals surface area contributed by atoms with E-state index in [1.54, 1.807) is 22.3 Å². The fourth-order valence-electron chi connectivity index (χ4n) is 2.84. The van der Waals surface area contributed by atoms with Crippen molar-refractivity contribution in [1.82, 2.24) is 15.0 Å². The zero-order valence-electron chi connectivity index (χ0n) is 13.7. The number of likely N-dealkylation sites (tertiary alicyclic amines) is 1. The predicted octanol–water partition coefficient (Wildman–Crippen LogP) is 3.40. The van der Waals surface area contributed by atoms with Gasteiger partial charge < -0.3 is 14.2 Å². The minimum atomic E-state index is -0.130. The Morgan fingerprint density at radius 2 is 2.28 bits per heavy atom. The van der Waals surface area contributed by atoms with Crippen LogP contribution in [0.5, 0.6) is 5.88 Å². The lowest BCUT2D eigenvalue weighted by Gasteiger charge is -2.15. The molecule has 0 bridgehead atoms. The van der Waals surface area contributed by atoms with Gasteiger partial charge in [0.1, 0.15) is 6.10 Å². The summed E-state index contributed by atoms with van der Waals surface area (Å²) >= 11 is 1.55.